The number of anilines is 1. The summed E-state index contributed by atoms with van der Waals surface area (Å²) in [6.07, 6.45) is 0. The third kappa shape index (κ3) is 2.44. The lowest BCUT2D eigenvalue weighted by atomic mass is 10.2. The van der Waals surface area contributed by atoms with E-state index in [1.54, 1.807) is 12.1 Å². The molecule has 5 nitrogen and oxygen atoms in total. The van der Waals surface area contributed by atoms with Crippen molar-refractivity contribution in [3.05, 3.63) is 12.1 Å². The van der Waals surface area contributed by atoms with Crippen molar-refractivity contribution in [1.29, 1.82) is 5.26 Å². The molecule has 1 aromatic rings. The predicted octanol–water partition coefficient (Wildman–Crippen LogP) is 1.19. The molecule has 0 bridgehead atoms. The summed E-state index contributed by atoms with van der Waals surface area (Å²) in [4.78, 5) is 0. The zero-order chi connectivity index (χ0) is 11.3. The third-order valence-electron chi connectivity index (χ3n) is 1.76. The highest BCUT2D eigenvalue weighted by atomic mass is 16.5. The molecule has 0 atom stereocenters. The van der Waals surface area contributed by atoms with E-state index in [0.29, 0.717) is 22.9 Å². The number of nitrogen functional groups attached to an aromatic ring is 1. The summed E-state index contributed by atoms with van der Waals surface area (Å²) in [7, 11) is 3.00. The second kappa shape index (κ2) is 4.96. The van der Waals surface area contributed by atoms with Crippen molar-refractivity contribution < 1.29 is 14.2 Å². The van der Waals surface area contributed by atoms with E-state index in [-0.39, 0.29) is 6.61 Å². The maximum absolute atomic E-state index is 8.41. The summed E-state index contributed by atoms with van der Waals surface area (Å²) in [6.45, 7) is -0.0665. The van der Waals surface area contributed by atoms with E-state index in [2.05, 4.69) is 0 Å². The van der Waals surface area contributed by atoms with Gasteiger partial charge in [0.05, 0.1) is 14.2 Å². The topological polar surface area (TPSA) is 77.5 Å². The number of ether oxygens (including phenoxy) is 3. The molecule has 0 fully saturated rings. The summed E-state index contributed by atoms with van der Waals surface area (Å²) in [6, 6.07) is 5.07. The molecule has 0 aromatic heterocycles. The van der Waals surface area contributed by atoms with Gasteiger partial charge in [-0.15, -0.1) is 0 Å². The average Bonchev–Trinajstić information content (AvgIpc) is 2.25. The Hall–Kier alpha value is -2.09. The van der Waals surface area contributed by atoms with Crippen molar-refractivity contribution in [2.24, 2.45) is 0 Å². The summed E-state index contributed by atoms with van der Waals surface area (Å²) in [5, 5.41) is 8.41. The van der Waals surface area contributed by atoms with Crippen LogP contribution >= 0.6 is 0 Å². The normalized spacial score (nSPS) is 9.13. The van der Waals surface area contributed by atoms with E-state index in [4.69, 9.17) is 25.2 Å². The van der Waals surface area contributed by atoms with Gasteiger partial charge in [-0.2, -0.15) is 5.26 Å². The Morgan fingerprint density at radius 3 is 2.47 bits per heavy atom. The van der Waals surface area contributed by atoms with Crippen LogP contribution in [0.3, 0.4) is 0 Å². The van der Waals surface area contributed by atoms with Crippen molar-refractivity contribution in [2.75, 3.05) is 26.6 Å². The van der Waals surface area contributed by atoms with E-state index in [1.807, 2.05) is 6.07 Å². The zero-order valence-electron chi connectivity index (χ0n) is 8.61. The summed E-state index contributed by atoms with van der Waals surface area (Å²) in [5.74, 6) is 1.31. The Morgan fingerprint density at radius 1 is 1.27 bits per heavy atom. The molecule has 0 aliphatic carbocycles. The van der Waals surface area contributed by atoms with Crippen LogP contribution in [0.5, 0.6) is 17.2 Å². The Labute approximate surface area is 88.0 Å². The van der Waals surface area contributed by atoms with Gasteiger partial charge < -0.3 is 19.9 Å². The quantitative estimate of drug-likeness (QED) is 0.752. The van der Waals surface area contributed by atoms with Gasteiger partial charge >= 0.3 is 0 Å². The smallest absolute Gasteiger partial charge is 0.203 e. The molecule has 0 heterocycles. The maximum Gasteiger partial charge on any atom is 0.203 e. The van der Waals surface area contributed by atoms with Crippen LogP contribution in [-0.2, 0) is 0 Å². The fourth-order valence-corrected chi connectivity index (χ4v) is 1.17. The summed E-state index contributed by atoms with van der Waals surface area (Å²) in [5.41, 5.74) is 6.12. The van der Waals surface area contributed by atoms with Crippen LogP contribution in [-0.4, -0.2) is 20.8 Å². The van der Waals surface area contributed by atoms with Crippen LogP contribution in [0.15, 0.2) is 12.1 Å². The van der Waals surface area contributed by atoms with Crippen LogP contribution in [0.1, 0.15) is 0 Å². The molecule has 15 heavy (non-hydrogen) atoms. The Balaban J connectivity index is 3.11. The van der Waals surface area contributed by atoms with Crippen LogP contribution in [0.2, 0.25) is 0 Å². The molecule has 0 amide bonds. The molecule has 0 aliphatic heterocycles. The predicted molar refractivity (Wildman–Crippen MR) is 55.1 cm³/mol. The number of nitrogens with zero attached hydrogens (tertiary/aromatic N) is 1. The summed E-state index contributed by atoms with van der Waals surface area (Å²) < 4.78 is 15.3. The minimum atomic E-state index is -0.0665. The van der Waals surface area contributed by atoms with Gasteiger partial charge in [0.1, 0.15) is 6.07 Å². The van der Waals surface area contributed by atoms with E-state index in [1.165, 1.54) is 14.2 Å². The third-order valence-corrected chi connectivity index (χ3v) is 1.76. The van der Waals surface area contributed by atoms with Gasteiger partial charge in [-0.05, 0) is 0 Å². The molecular weight excluding hydrogens is 196 g/mol. The highest BCUT2D eigenvalue weighted by molar-refractivity contribution is 5.60. The molecule has 80 valence electrons. The van der Waals surface area contributed by atoms with Crippen molar-refractivity contribution in [3.63, 3.8) is 0 Å². The number of hydrogen-bond donors (Lipinski definition) is 1. The molecule has 1 rings (SSSR count). The second-order valence-electron chi connectivity index (χ2n) is 2.70. The van der Waals surface area contributed by atoms with Gasteiger partial charge in [-0.25, -0.2) is 0 Å². The lowest BCUT2D eigenvalue weighted by Crippen LogP contribution is -2.00. The Morgan fingerprint density at radius 2 is 1.93 bits per heavy atom. The minimum Gasteiger partial charge on any atom is -0.493 e. The first kappa shape index (κ1) is 11.0. The highest BCUT2D eigenvalue weighted by Crippen LogP contribution is 2.39. The van der Waals surface area contributed by atoms with Crippen LogP contribution < -0.4 is 19.9 Å². The molecular formula is C10H12N2O3. The SMILES string of the molecule is COc1cc(N)cc(OCC#N)c1OC. The molecule has 0 saturated carbocycles. The van der Waals surface area contributed by atoms with Gasteiger partial charge in [0.2, 0.25) is 5.75 Å². The molecule has 0 aliphatic rings. The number of rotatable bonds is 4. The van der Waals surface area contributed by atoms with E-state index in [0.717, 1.165) is 0 Å². The maximum atomic E-state index is 8.41. The summed E-state index contributed by atoms with van der Waals surface area (Å²) >= 11 is 0. The standard InChI is InChI=1S/C10H12N2O3/c1-13-8-5-7(12)6-9(10(8)14-2)15-4-3-11/h5-6H,4,12H2,1-2H3. The molecule has 1 aromatic carbocycles. The lowest BCUT2D eigenvalue weighted by Gasteiger charge is -2.12. The first-order valence-electron chi connectivity index (χ1n) is 4.24. The molecule has 5 heteroatoms. The number of methoxy groups -OCH3 is 2. The van der Waals surface area contributed by atoms with Crippen molar-refractivity contribution in [1.82, 2.24) is 0 Å². The Kier molecular flexibility index (Phi) is 3.63. The second-order valence-corrected chi connectivity index (χ2v) is 2.70. The first-order chi connectivity index (χ1) is 7.22. The molecule has 0 saturated heterocycles. The van der Waals surface area contributed by atoms with Crippen molar-refractivity contribution in [3.8, 4) is 23.3 Å². The zero-order valence-corrected chi connectivity index (χ0v) is 8.61. The molecule has 0 spiro atoms. The van der Waals surface area contributed by atoms with Gasteiger partial charge in [0.25, 0.3) is 0 Å². The van der Waals surface area contributed by atoms with E-state index in [9.17, 15) is 0 Å². The van der Waals surface area contributed by atoms with Gasteiger partial charge in [0, 0.05) is 17.8 Å². The average molecular weight is 208 g/mol. The van der Waals surface area contributed by atoms with Gasteiger partial charge in [-0.3, -0.25) is 0 Å². The molecule has 0 radical (unpaired) electrons. The van der Waals surface area contributed by atoms with Gasteiger partial charge in [-0.1, -0.05) is 0 Å². The molecule has 0 unspecified atom stereocenters. The number of nitrogens with two attached hydrogens (primary N) is 1. The number of nitriles is 1. The van der Waals surface area contributed by atoms with Gasteiger partial charge in [0.15, 0.2) is 18.1 Å². The number of hydrogen-bond acceptors (Lipinski definition) is 5. The van der Waals surface area contributed by atoms with Crippen LogP contribution in [0, 0.1) is 11.3 Å². The molecule has 2 N–H and O–H groups in total. The first-order valence-corrected chi connectivity index (χ1v) is 4.24. The van der Waals surface area contributed by atoms with Crippen molar-refractivity contribution in [2.45, 2.75) is 0 Å². The number of benzene rings is 1. The highest BCUT2D eigenvalue weighted by Gasteiger charge is 2.12. The fourth-order valence-electron chi connectivity index (χ4n) is 1.17. The van der Waals surface area contributed by atoms with Crippen LogP contribution in [0.4, 0.5) is 5.69 Å². The van der Waals surface area contributed by atoms with Crippen molar-refractivity contribution >= 4 is 5.69 Å². The minimum absolute atomic E-state index is 0.0665. The van der Waals surface area contributed by atoms with E-state index >= 15 is 0 Å². The van der Waals surface area contributed by atoms with Crippen LogP contribution in [0.25, 0.3) is 0 Å². The monoisotopic (exact) mass is 208 g/mol. The fraction of sp³-hybridized carbons (Fsp3) is 0.300. The largest absolute Gasteiger partial charge is 0.493 e. The lowest BCUT2D eigenvalue weighted by molar-refractivity contribution is 0.310. The Bertz CT molecular complexity index is 385. The van der Waals surface area contributed by atoms with E-state index < -0.39 is 0 Å².